The third kappa shape index (κ3) is 3.50. The van der Waals surface area contributed by atoms with Crippen LogP contribution in [0.3, 0.4) is 0 Å². The van der Waals surface area contributed by atoms with Gasteiger partial charge >= 0.3 is 0 Å². The van der Waals surface area contributed by atoms with Crippen LogP contribution in [0.1, 0.15) is 11.6 Å². The Kier molecular flexibility index (Phi) is 5.07. The van der Waals surface area contributed by atoms with Gasteiger partial charge in [-0.05, 0) is 23.8 Å². The summed E-state index contributed by atoms with van der Waals surface area (Å²) in [7, 11) is 0. The molecule has 1 aliphatic rings. The van der Waals surface area contributed by atoms with E-state index in [0.29, 0.717) is 6.61 Å². The van der Waals surface area contributed by atoms with E-state index < -0.39 is 0 Å². The van der Waals surface area contributed by atoms with Crippen molar-refractivity contribution in [2.75, 3.05) is 17.3 Å². The third-order valence-electron chi connectivity index (χ3n) is 5.12. The maximum atomic E-state index is 13.5. The second-order valence-electron chi connectivity index (χ2n) is 6.95. The van der Waals surface area contributed by atoms with Gasteiger partial charge in [0.2, 0.25) is 5.91 Å². The molecule has 5 rings (SSSR count). The molecule has 0 fully saturated rings. The van der Waals surface area contributed by atoms with E-state index in [1.54, 1.807) is 6.33 Å². The van der Waals surface area contributed by atoms with Crippen molar-refractivity contribution in [3.63, 3.8) is 0 Å². The van der Waals surface area contributed by atoms with Gasteiger partial charge in [0.25, 0.3) is 0 Å². The number of nitrogens with zero attached hydrogens (tertiary/aromatic N) is 3. The van der Waals surface area contributed by atoms with Gasteiger partial charge in [-0.3, -0.25) is 9.69 Å². The molecule has 0 unspecified atom stereocenters. The number of carbonyl (C=O) groups excluding carboxylic acids is 1. The van der Waals surface area contributed by atoms with E-state index >= 15 is 0 Å². The standard InChI is InChI=1S/C24H19N3O2S/c28-23(15-30-24-18-10-4-5-11-19(18)25-16-26-24)27-20-12-6-7-13-22(20)29-14-21(27)17-8-2-1-3-9-17/h1-13,16,21H,14-15H2/t21-/m1/s1. The average Bonchev–Trinajstić information content (AvgIpc) is 2.82. The van der Waals surface area contributed by atoms with E-state index in [2.05, 4.69) is 9.97 Å². The SMILES string of the molecule is O=C(CSc1ncnc2ccccc12)N1c2ccccc2OC[C@@H]1c1ccccc1. The first kappa shape index (κ1) is 18.6. The Hall–Kier alpha value is -3.38. The minimum Gasteiger partial charge on any atom is -0.489 e. The molecule has 3 aromatic carbocycles. The first-order valence-electron chi connectivity index (χ1n) is 9.72. The van der Waals surface area contributed by atoms with Crippen molar-refractivity contribution in [2.45, 2.75) is 11.1 Å². The van der Waals surface area contributed by atoms with Crippen molar-refractivity contribution in [3.8, 4) is 5.75 Å². The molecule has 148 valence electrons. The van der Waals surface area contributed by atoms with E-state index in [1.807, 2.05) is 83.8 Å². The van der Waals surface area contributed by atoms with Crippen molar-refractivity contribution >= 4 is 34.3 Å². The molecule has 1 amide bonds. The molecule has 0 saturated carbocycles. The second-order valence-corrected chi connectivity index (χ2v) is 7.92. The first-order chi connectivity index (χ1) is 14.8. The maximum Gasteiger partial charge on any atom is 0.238 e. The van der Waals surface area contributed by atoms with Gasteiger partial charge in [-0.25, -0.2) is 9.97 Å². The number of benzene rings is 3. The summed E-state index contributed by atoms with van der Waals surface area (Å²) in [6, 6.07) is 25.4. The third-order valence-corrected chi connectivity index (χ3v) is 6.11. The van der Waals surface area contributed by atoms with E-state index in [9.17, 15) is 4.79 Å². The molecule has 1 aromatic heterocycles. The Labute approximate surface area is 178 Å². The molecule has 1 aliphatic heterocycles. The van der Waals surface area contributed by atoms with Crippen LogP contribution in [0.5, 0.6) is 5.75 Å². The van der Waals surface area contributed by atoms with E-state index in [4.69, 9.17) is 4.74 Å². The molecule has 0 radical (unpaired) electrons. The first-order valence-corrected chi connectivity index (χ1v) is 10.7. The summed E-state index contributed by atoms with van der Waals surface area (Å²) in [6.07, 6.45) is 1.55. The summed E-state index contributed by atoms with van der Waals surface area (Å²) in [6.45, 7) is 0.424. The minimum absolute atomic E-state index is 0.0206. The van der Waals surface area contributed by atoms with E-state index in [1.165, 1.54) is 11.8 Å². The van der Waals surface area contributed by atoms with E-state index in [0.717, 1.165) is 32.9 Å². The lowest BCUT2D eigenvalue weighted by Crippen LogP contribution is -2.42. The monoisotopic (exact) mass is 413 g/mol. The number of amides is 1. The Morgan fingerprint density at radius 3 is 2.63 bits per heavy atom. The van der Waals surface area contributed by atoms with Crippen LogP contribution in [-0.4, -0.2) is 28.2 Å². The number of aromatic nitrogens is 2. The maximum absolute atomic E-state index is 13.5. The normalized spacial score (nSPS) is 15.5. The fourth-order valence-corrected chi connectivity index (χ4v) is 4.56. The quantitative estimate of drug-likeness (QED) is 0.352. The van der Waals surface area contributed by atoms with Gasteiger partial charge in [-0.2, -0.15) is 0 Å². The lowest BCUT2D eigenvalue weighted by molar-refractivity contribution is -0.117. The fourth-order valence-electron chi connectivity index (χ4n) is 3.71. The summed E-state index contributed by atoms with van der Waals surface area (Å²) in [4.78, 5) is 24.0. The van der Waals surface area contributed by atoms with Crippen LogP contribution in [0, 0.1) is 0 Å². The van der Waals surface area contributed by atoms with Crippen molar-refractivity contribution in [1.82, 2.24) is 9.97 Å². The van der Waals surface area contributed by atoms with Crippen LogP contribution in [0.2, 0.25) is 0 Å². The van der Waals surface area contributed by atoms with Gasteiger partial charge in [0.15, 0.2) is 0 Å². The number of ether oxygens (including phenoxy) is 1. The molecular formula is C24H19N3O2S. The number of anilines is 1. The van der Waals surface area contributed by atoms with Crippen LogP contribution in [0.4, 0.5) is 5.69 Å². The number of hydrogen-bond donors (Lipinski definition) is 0. The molecule has 0 saturated heterocycles. The highest BCUT2D eigenvalue weighted by atomic mass is 32.2. The van der Waals surface area contributed by atoms with Crippen LogP contribution in [0.25, 0.3) is 10.9 Å². The molecule has 0 aliphatic carbocycles. The average molecular weight is 414 g/mol. The van der Waals surface area contributed by atoms with Crippen LogP contribution < -0.4 is 9.64 Å². The lowest BCUT2D eigenvalue weighted by atomic mass is 10.0. The van der Waals surface area contributed by atoms with Crippen LogP contribution in [0.15, 0.2) is 90.2 Å². The number of hydrogen-bond acceptors (Lipinski definition) is 5. The smallest absolute Gasteiger partial charge is 0.238 e. The highest BCUT2D eigenvalue weighted by Crippen LogP contribution is 2.40. The summed E-state index contributed by atoms with van der Waals surface area (Å²) < 4.78 is 5.97. The molecule has 30 heavy (non-hydrogen) atoms. The van der Waals surface area contributed by atoms with Crippen molar-refractivity contribution in [3.05, 3.63) is 90.8 Å². The number of fused-ring (bicyclic) bond motifs is 2. The van der Waals surface area contributed by atoms with Crippen LogP contribution in [-0.2, 0) is 4.79 Å². The highest BCUT2D eigenvalue weighted by molar-refractivity contribution is 8.00. The molecular weight excluding hydrogens is 394 g/mol. The Morgan fingerprint density at radius 2 is 1.73 bits per heavy atom. The summed E-state index contributed by atoms with van der Waals surface area (Å²) in [5.74, 6) is 1.03. The molecule has 2 heterocycles. The molecule has 4 aromatic rings. The number of thioether (sulfide) groups is 1. The van der Waals surface area contributed by atoms with Crippen LogP contribution >= 0.6 is 11.8 Å². The predicted molar refractivity (Wildman–Crippen MR) is 119 cm³/mol. The van der Waals surface area contributed by atoms with Gasteiger partial charge in [0, 0.05) is 5.39 Å². The van der Waals surface area contributed by atoms with Crippen molar-refractivity contribution < 1.29 is 9.53 Å². The topological polar surface area (TPSA) is 55.3 Å². The van der Waals surface area contributed by atoms with Gasteiger partial charge in [-0.1, -0.05) is 72.4 Å². The number of carbonyl (C=O) groups is 1. The molecule has 6 heteroatoms. The summed E-state index contributed by atoms with van der Waals surface area (Å²) in [5.41, 5.74) is 2.73. The predicted octanol–water partition coefficient (Wildman–Crippen LogP) is 4.89. The second kappa shape index (κ2) is 8.16. The molecule has 5 nitrogen and oxygen atoms in total. The Balaban J connectivity index is 1.45. The molecule has 0 N–H and O–H groups in total. The molecule has 0 spiro atoms. The lowest BCUT2D eigenvalue weighted by Gasteiger charge is -2.37. The minimum atomic E-state index is -0.170. The highest BCUT2D eigenvalue weighted by Gasteiger charge is 2.33. The number of rotatable bonds is 4. The summed E-state index contributed by atoms with van der Waals surface area (Å²) in [5, 5.41) is 1.77. The number of para-hydroxylation sites is 3. The van der Waals surface area contributed by atoms with Gasteiger partial charge < -0.3 is 4.74 Å². The van der Waals surface area contributed by atoms with Gasteiger partial charge in [-0.15, -0.1) is 0 Å². The largest absolute Gasteiger partial charge is 0.489 e. The van der Waals surface area contributed by atoms with E-state index in [-0.39, 0.29) is 17.7 Å². The molecule has 0 bridgehead atoms. The summed E-state index contributed by atoms with van der Waals surface area (Å²) >= 11 is 1.44. The van der Waals surface area contributed by atoms with Gasteiger partial charge in [0.05, 0.1) is 23.0 Å². The Bertz CT molecular complexity index is 1190. The molecule has 1 atom stereocenters. The zero-order valence-electron chi connectivity index (χ0n) is 16.1. The Morgan fingerprint density at radius 1 is 0.967 bits per heavy atom. The van der Waals surface area contributed by atoms with Crippen molar-refractivity contribution in [2.24, 2.45) is 0 Å². The fraction of sp³-hybridized carbons (Fsp3) is 0.125. The zero-order valence-corrected chi connectivity index (χ0v) is 17.0. The zero-order chi connectivity index (χ0) is 20.3. The van der Waals surface area contributed by atoms with Crippen molar-refractivity contribution in [1.29, 1.82) is 0 Å². The van der Waals surface area contributed by atoms with Gasteiger partial charge in [0.1, 0.15) is 23.7 Å².